The number of phenols is 1. The predicted octanol–water partition coefficient (Wildman–Crippen LogP) is 2.76. The molecule has 1 aromatic carbocycles. The number of aromatic hydroxyl groups is 1. The van der Waals surface area contributed by atoms with Crippen LogP contribution in [0.3, 0.4) is 0 Å². The minimum Gasteiger partial charge on any atom is -0.508 e. The summed E-state index contributed by atoms with van der Waals surface area (Å²) in [6, 6.07) is 5.71. The van der Waals surface area contributed by atoms with Gasteiger partial charge >= 0.3 is 0 Å². The molecule has 0 aromatic heterocycles. The van der Waals surface area contributed by atoms with E-state index < -0.39 is 0 Å². The number of aryl methyl sites for hydroxylation is 1. The SMILES string of the molecule is Cc1ccc(C(C)NCC(O)CC(C)C)c(O)c1. The van der Waals surface area contributed by atoms with Gasteiger partial charge < -0.3 is 15.5 Å². The van der Waals surface area contributed by atoms with E-state index in [1.807, 2.05) is 26.0 Å². The van der Waals surface area contributed by atoms with Crippen LogP contribution in [0.15, 0.2) is 18.2 Å². The second-order valence-corrected chi connectivity index (χ2v) is 5.48. The summed E-state index contributed by atoms with van der Waals surface area (Å²) in [5.74, 6) is 0.804. The molecule has 0 spiro atoms. The lowest BCUT2D eigenvalue weighted by Crippen LogP contribution is -2.30. The Balaban J connectivity index is 2.52. The molecule has 0 bridgehead atoms. The molecule has 0 saturated heterocycles. The van der Waals surface area contributed by atoms with Gasteiger partial charge in [-0.25, -0.2) is 0 Å². The summed E-state index contributed by atoms with van der Waals surface area (Å²) in [4.78, 5) is 0. The first-order chi connectivity index (χ1) is 8.40. The zero-order chi connectivity index (χ0) is 13.7. The zero-order valence-corrected chi connectivity index (χ0v) is 11.8. The second kappa shape index (κ2) is 6.76. The van der Waals surface area contributed by atoms with Crippen LogP contribution in [-0.4, -0.2) is 22.9 Å². The summed E-state index contributed by atoms with van der Waals surface area (Å²) >= 11 is 0. The monoisotopic (exact) mass is 251 g/mol. The summed E-state index contributed by atoms with van der Waals surface area (Å²) in [7, 11) is 0. The Morgan fingerprint density at radius 1 is 1.22 bits per heavy atom. The number of rotatable bonds is 6. The number of nitrogens with one attached hydrogen (secondary N) is 1. The van der Waals surface area contributed by atoms with E-state index in [9.17, 15) is 10.2 Å². The highest BCUT2D eigenvalue weighted by atomic mass is 16.3. The molecule has 1 aromatic rings. The van der Waals surface area contributed by atoms with Crippen LogP contribution in [0.5, 0.6) is 5.75 Å². The average molecular weight is 251 g/mol. The lowest BCUT2D eigenvalue weighted by atomic mass is 10.0. The maximum atomic E-state index is 9.87. The Hall–Kier alpha value is -1.06. The number of hydrogen-bond acceptors (Lipinski definition) is 3. The van der Waals surface area contributed by atoms with Gasteiger partial charge in [0.25, 0.3) is 0 Å². The van der Waals surface area contributed by atoms with Crippen molar-refractivity contribution in [2.45, 2.75) is 46.3 Å². The van der Waals surface area contributed by atoms with Crippen molar-refractivity contribution in [1.29, 1.82) is 0 Å². The van der Waals surface area contributed by atoms with Crippen molar-refractivity contribution in [3.8, 4) is 5.75 Å². The lowest BCUT2D eigenvalue weighted by Gasteiger charge is -2.19. The molecule has 0 amide bonds. The molecule has 0 aliphatic heterocycles. The second-order valence-electron chi connectivity index (χ2n) is 5.48. The number of aliphatic hydroxyl groups is 1. The van der Waals surface area contributed by atoms with Gasteiger partial charge in [0, 0.05) is 18.2 Å². The Kier molecular flexibility index (Phi) is 5.63. The van der Waals surface area contributed by atoms with E-state index in [1.54, 1.807) is 6.07 Å². The molecular formula is C15H25NO2. The van der Waals surface area contributed by atoms with Gasteiger partial charge in [0.2, 0.25) is 0 Å². The van der Waals surface area contributed by atoms with Crippen molar-refractivity contribution in [2.24, 2.45) is 5.92 Å². The van der Waals surface area contributed by atoms with Crippen LogP contribution in [-0.2, 0) is 0 Å². The minimum absolute atomic E-state index is 0.0346. The van der Waals surface area contributed by atoms with Crippen LogP contribution >= 0.6 is 0 Å². The summed E-state index contributed by atoms with van der Waals surface area (Å²) in [5.41, 5.74) is 1.92. The summed E-state index contributed by atoms with van der Waals surface area (Å²) in [6.45, 7) is 8.68. The lowest BCUT2D eigenvalue weighted by molar-refractivity contribution is 0.143. The van der Waals surface area contributed by atoms with Gasteiger partial charge in [-0.3, -0.25) is 0 Å². The molecule has 0 aliphatic carbocycles. The molecule has 102 valence electrons. The Morgan fingerprint density at radius 3 is 2.44 bits per heavy atom. The molecule has 1 rings (SSSR count). The van der Waals surface area contributed by atoms with Crippen LogP contribution in [0.25, 0.3) is 0 Å². The smallest absolute Gasteiger partial charge is 0.120 e. The third-order valence-electron chi connectivity index (χ3n) is 3.06. The van der Waals surface area contributed by atoms with E-state index in [4.69, 9.17) is 0 Å². The first kappa shape index (κ1) is 15.0. The topological polar surface area (TPSA) is 52.5 Å². The van der Waals surface area contributed by atoms with Gasteiger partial charge in [-0.15, -0.1) is 0 Å². The predicted molar refractivity (Wildman–Crippen MR) is 74.7 cm³/mol. The maximum Gasteiger partial charge on any atom is 0.120 e. The highest BCUT2D eigenvalue weighted by Crippen LogP contribution is 2.24. The van der Waals surface area contributed by atoms with E-state index in [-0.39, 0.29) is 12.1 Å². The van der Waals surface area contributed by atoms with Gasteiger partial charge in [-0.05, 0) is 37.8 Å². The largest absolute Gasteiger partial charge is 0.508 e. The quantitative estimate of drug-likeness (QED) is 0.728. The van der Waals surface area contributed by atoms with E-state index in [2.05, 4.69) is 19.2 Å². The maximum absolute atomic E-state index is 9.87. The molecule has 18 heavy (non-hydrogen) atoms. The molecule has 3 heteroatoms. The molecule has 3 nitrogen and oxygen atoms in total. The molecule has 0 heterocycles. The standard InChI is InChI=1S/C15H25NO2/c1-10(2)7-13(17)9-16-12(4)14-6-5-11(3)8-15(14)18/h5-6,8,10,12-13,16-18H,7,9H2,1-4H3. The van der Waals surface area contributed by atoms with Gasteiger partial charge in [0.15, 0.2) is 0 Å². The van der Waals surface area contributed by atoms with Crippen molar-refractivity contribution in [3.05, 3.63) is 29.3 Å². The summed E-state index contributed by atoms with van der Waals surface area (Å²) < 4.78 is 0. The first-order valence-electron chi connectivity index (χ1n) is 6.61. The Bertz CT molecular complexity index is 377. The molecule has 2 unspecified atom stereocenters. The fraction of sp³-hybridized carbons (Fsp3) is 0.600. The highest BCUT2D eigenvalue weighted by Gasteiger charge is 2.12. The summed E-state index contributed by atoms with van der Waals surface area (Å²) in [5, 5.41) is 22.9. The van der Waals surface area contributed by atoms with Gasteiger partial charge in [-0.2, -0.15) is 0 Å². The number of aliphatic hydroxyl groups excluding tert-OH is 1. The molecule has 0 saturated carbocycles. The van der Waals surface area contributed by atoms with Crippen LogP contribution in [0.4, 0.5) is 0 Å². The number of benzene rings is 1. The number of phenolic OH excluding ortho intramolecular Hbond substituents is 1. The van der Waals surface area contributed by atoms with Crippen LogP contribution in [0.2, 0.25) is 0 Å². The third kappa shape index (κ3) is 4.67. The van der Waals surface area contributed by atoms with Gasteiger partial charge in [0.05, 0.1) is 6.10 Å². The van der Waals surface area contributed by atoms with E-state index >= 15 is 0 Å². The van der Waals surface area contributed by atoms with Crippen molar-refractivity contribution in [3.63, 3.8) is 0 Å². The normalized spacial score (nSPS) is 14.8. The average Bonchev–Trinajstić information content (AvgIpc) is 2.25. The molecule has 0 fully saturated rings. The summed E-state index contributed by atoms with van der Waals surface area (Å²) in [6.07, 6.45) is 0.458. The van der Waals surface area contributed by atoms with Crippen molar-refractivity contribution in [2.75, 3.05) is 6.54 Å². The van der Waals surface area contributed by atoms with Gasteiger partial charge in [0.1, 0.15) is 5.75 Å². The fourth-order valence-electron chi connectivity index (χ4n) is 2.07. The van der Waals surface area contributed by atoms with E-state index in [0.29, 0.717) is 18.2 Å². The van der Waals surface area contributed by atoms with E-state index in [0.717, 1.165) is 17.5 Å². The Morgan fingerprint density at radius 2 is 1.89 bits per heavy atom. The van der Waals surface area contributed by atoms with Crippen LogP contribution < -0.4 is 5.32 Å². The van der Waals surface area contributed by atoms with Crippen LogP contribution in [0, 0.1) is 12.8 Å². The van der Waals surface area contributed by atoms with Crippen LogP contribution in [0.1, 0.15) is 44.4 Å². The van der Waals surface area contributed by atoms with Crippen molar-refractivity contribution in [1.82, 2.24) is 5.32 Å². The first-order valence-corrected chi connectivity index (χ1v) is 6.61. The highest BCUT2D eigenvalue weighted by molar-refractivity contribution is 5.37. The molecular weight excluding hydrogens is 226 g/mol. The number of hydrogen-bond donors (Lipinski definition) is 3. The van der Waals surface area contributed by atoms with Crippen molar-refractivity contribution < 1.29 is 10.2 Å². The molecule has 0 radical (unpaired) electrons. The molecule has 2 atom stereocenters. The third-order valence-corrected chi connectivity index (χ3v) is 3.06. The molecule has 3 N–H and O–H groups in total. The Labute approximate surface area is 110 Å². The van der Waals surface area contributed by atoms with Gasteiger partial charge in [-0.1, -0.05) is 26.0 Å². The zero-order valence-electron chi connectivity index (χ0n) is 11.8. The van der Waals surface area contributed by atoms with Crippen molar-refractivity contribution >= 4 is 0 Å². The minimum atomic E-state index is -0.333. The van der Waals surface area contributed by atoms with E-state index in [1.165, 1.54) is 0 Å². The fourth-order valence-corrected chi connectivity index (χ4v) is 2.07. The molecule has 0 aliphatic rings.